The van der Waals surface area contributed by atoms with Crippen molar-refractivity contribution in [2.45, 2.75) is 23.1 Å². The fourth-order valence-corrected chi connectivity index (χ4v) is 6.34. The van der Waals surface area contributed by atoms with Gasteiger partial charge in [0.25, 0.3) is 0 Å². The highest BCUT2D eigenvalue weighted by molar-refractivity contribution is 7.99. The summed E-state index contributed by atoms with van der Waals surface area (Å²) in [5, 5.41) is 12.3. The number of hydrogen-bond acceptors (Lipinski definition) is 3. The predicted molar refractivity (Wildman–Crippen MR) is 141 cm³/mol. The van der Waals surface area contributed by atoms with Crippen LogP contribution in [0.3, 0.4) is 0 Å². The van der Waals surface area contributed by atoms with E-state index in [1.165, 1.54) is 32.5 Å². The quantitative estimate of drug-likeness (QED) is 0.283. The Hall–Kier alpha value is -3.89. The molecule has 0 atom stereocenters. The fourth-order valence-electron chi connectivity index (χ4n) is 5.26. The van der Waals surface area contributed by atoms with Crippen molar-refractivity contribution >= 4 is 45.8 Å². The Morgan fingerprint density at radius 1 is 0.824 bits per heavy atom. The Kier molecular flexibility index (Phi) is 4.20. The van der Waals surface area contributed by atoms with Crippen molar-refractivity contribution in [3.05, 3.63) is 108 Å². The van der Waals surface area contributed by atoms with Crippen molar-refractivity contribution in [3.63, 3.8) is 0 Å². The number of para-hydroxylation sites is 3. The minimum absolute atomic E-state index is 0.295. The lowest BCUT2D eigenvalue weighted by Crippen LogP contribution is -2.17. The number of aromatic hydroxyl groups is 1. The van der Waals surface area contributed by atoms with E-state index >= 15 is 0 Å². The second-order valence-electron chi connectivity index (χ2n) is 8.98. The third-order valence-electron chi connectivity index (χ3n) is 6.73. The second kappa shape index (κ2) is 7.31. The van der Waals surface area contributed by atoms with Crippen LogP contribution in [0.15, 0.2) is 106 Å². The van der Waals surface area contributed by atoms with Gasteiger partial charge in [0.15, 0.2) is 0 Å². The van der Waals surface area contributed by atoms with Crippen LogP contribution in [0.2, 0.25) is 0 Å². The average Bonchev–Trinajstić information content (AvgIpc) is 3.45. The Labute approximate surface area is 202 Å². The number of phenols is 1. The van der Waals surface area contributed by atoms with Gasteiger partial charge in [-0.05, 0) is 72.8 Å². The molecule has 4 heteroatoms. The molecule has 1 N–H and O–H groups in total. The first-order chi connectivity index (χ1) is 16.7. The molecule has 0 saturated heterocycles. The van der Waals surface area contributed by atoms with Crippen LogP contribution >= 0.6 is 11.8 Å². The first-order valence-corrected chi connectivity index (χ1v) is 12.3. The molecular formula is C30H22N2OS. The number of rotatable bonds is 2. The molecule has 0 unspecified atom stereocenters. The zero-order chi connectivity index (χ0) is 22.8. The molecule has 2 aliphatic rings. The zero-order valence-corrected chi connectivity index (χ0v) is 19.5. The molecule has 1 aliphatic carbocycles. The first kappa shape index (κ1) is 19.6. The van der Waals surface area contributed by atoms with E-state index < -0.39 is 0 Å². The van der Waals surface area contributed by atoms with Crippen LogP contribution in [-0.2, 0) is 6.42 Å². The molecule has 0 saturated carbocycles. The monoisotopic (exact) mass is 458 g/mol. The number of phenolic OH excluding ortho intramolecular Hbond substituents is 1. The van der Waals surface area contributed by atoms with Crippen molar-refractivity contribution in [2.24, 2.45) is 0 Å². The lowest BCUT2D eigenvalue weighted by atomic mass is 10.0. The van der Waals surface area contributed by atoms with Gasteiger partial charge in [-0.3, -0.25) is 0 Å². The van der Waals surface area contributed by atoms with Crippen molar-refractivity contribution in [3.8, 4) is 11.4 Å². The van der Waals surface area contributed by atoms with Gasteiger partial charge in [-0.25, -0.2) is 0 Å². The van der Waals surface area contributed by atoms with Gasteiger partial charge >= 0.3 is 0 Å². The smallest absolute Gasteiger partial charge is 0.140 e. The highest BCUT2D eigenvalue weighted by Crippen LogP contribution is 2.56. The number of hydrogen-bond donors (Lipinski definition) is 1. The van der Waals surface area contributed by atoms with E-state index in [1.807, 2.05) is 6.07 Å². The van der Waals surface area contributed by atoms with Gasteiger partial charge in [0, 0.05) is 27.2 Å². The van der Waals surface area contributed by atoms with E-state index in [9.17, 15) is 5.11 Å². The lowest BCUT2D eigenvalue weighted by Gasteiger charge is -2.34. The largest absolute Gasteiger partial charge is 0.506 e. The fraction of sp³-hybridized carbons (Fsp3) is 0.0667. The van der Waals surface area contributed by atoms with E-state index in [4.69, 9.17) is 0 Å². The average molecular weight is 459 g/mol. The Morgan fingerprint density at radius 2 is 1.65 bits per heavy atom. The van der Waals surface area contributed by atoms with Gasteiger partial charge in [0.1, 0.15) is 11.4 Å². The van der Waals surface area contributed by atoms with E-state index in [0.29, 0.717) is 5.75 Å². The molecule has 0 radical (unpaired) electrons. The number of aromatic nitrogens is 1. The minimum atomic E-state index is 0.295. The van der Waals surface area contributed by atoms with Crippen LogP contribution in [0.4, 0.5) is 17.1 Å². The Bertz CT molecular complexity index is 1650. The topological polar surface area (TPSA) is 28.4 Å². The van der Waals surface area contributed by atoms with Gasteiger partial charge in [-0.1, -0.05) is 59.8 Å². The Morgan fingerprint density at radius 3 is 2.59 bits per heavy atom. The predicted octanol–water partition coefficient (Wildman–Crippen LogP) is 8.23. The van der Waals surface area contributed by atoms with Crippen molar-refractivity contribution in [1.29, 1.82) is 0 Å². The van der Waals surface area contributed by atoms with Gasteiger partial charge in [0.2, 0.25) is 0 Å². The molecule has 5 aromatic rings. The number of nitrogens with zero attached hydrogens (tertiary/aromatic N) is 2. The molecule has 7 rings (SSSR count). The molecule has 0 amide bonds. The third kappa shape index (κ3) is 2.85. The van der Waals surface area contributed by atoms with E-state index in [-0.39, 0.29) is 0 Å². The van der Waals surface area contributed by atoms with E-state index in [1.54, 1.807) is 17.8 Å². The summed E-state index contributed by atoms with van der Waals surface area (Å²) in [5.74, 6) is 0.295. The second-order valence-corrected chi connectivity index (χ2v) is 10.1. The lowest BCUT2D eigenvalue weighted by molar-refractivity contribution is 0.475. The molecule has 164 valence electrons. The number of anilines is 3. The highest BCUT2D eigenvalue weighted by Gasteiger charge is 2.30. The van der Waals surface area contributed by atoms with Crippen molar-refractivity contribution < 1.29 is 5.11 Å². The summed E-state index contributed by atoms with van der Waals surface area (Å²) in [6.07, 6.45) is 5.39. The van der Waals surface area contributed by atoms with Crippen LogP contribution in [0.25, 0.3) is 22.7 Å². The molecule has 0 bridgehead atoms. The van der Waals surface area contributed by atoms with Crippen molar-refractivity contribution in [1.82, 2.24) is 4.57 Å². The van der Waals surface area contributed by atoms with Crippen LogP contribution < -0.4 is 4.90 Å². The minimum Gasteiger partial charge on any atom is -0.506 e. The molecule has 1 aliphatic heterocycles. The molecule has 34 heavy (non-hydrogen) atoms. The summed E-state index contributed by atoms with van der Waals surface area (Å²) in [6.45, 7) is 2.19. The summed E-state index contributed by atoms with van der Waals surface area (Å²) in [6, 6.07) is 29.5. The van der Waals surface area contributed by atoms with Crippen molar-refractivity contribution in [2.75, 3.05) is 4.90 Å². The first-order valence-electron chi connectivity index (χ1n) is 11.5. The van der Waals surface area contributed by atoms with Gasteiger partial charge in [0.05, 0.1) is 16.9 Å². The van der Waals surface area contributed by atoms with Crippen LogP contribution in [0.5, 0.6) is 5.75 Å². The number of benzene rings is 4. The number of allylic oxidation sites excluding steroid dienone is 1. The molecule has 3 nitrogen and oxygen atoms in total. The van der Waals surface area contributed by atoms with E-state index in [2.05, 4.69) is 101 Å². The molecule has 2 heterocycles. The van der Waals surface area contributed by atoms with Crippen LogP contribution in [-0.4, -0.2) is 9.67 Å². The van der Waals surface area contributed by atoms with E-state index in [0.717, 1.165) is 34.1 Å². The molecule has 1 aromatic heterocycles. The summed E-state index contributed by atoms with van der Waals surface area (Å²) < 4.78 is 2.27. The maximum Gasteiger partial charge on any atom is 0.140 e. The molecule has 0 fully saturated rings. The van der Waals surface area contributed by atoms with Gasteiger partial charge in [-0.15, -0.1) is 0 Å². The zero-order valence-electron chi connectivity index (χ0n) is 18.7. The maximum atomic E-state index is 11.0. The molecule has 0 spiro atoms. The summed E-state index contributed by atoms with van der Waals surface area (Å²) >= 11 is 1.71. The third-order valence-corrected chi connectivity index (χ3v) is 7.85. The summed E-state index contributed by atoms with van der Waals surface area (Å²) in [4.78, 5) is 4.49. The van der Waals surface area contributed by atoms with Gasteiger partial charge in [-0.2, -0.15) is 0 Å². The Balaban J connectivity index is 1.54. The highest BCUT2D eigenvalue weighted by atomic mass is 32.2. The van der Waals surface area contributed by atoms with Crippen LogP contribution in [0.1, 0.15) is 18.1 Å². The summed E-state index contributed by atoms with van der Waals surface area (Å²) in [5.41, 5.74) is 9.25. The summed E-state index contributed by atoms with van der Waals surface area (Å²) in [7, 11) is 0. The standard InChI is InChI=1S/C30H22N2OS/c1-19-15-21-17-22(31-14-13-20-7-2-3-8-24(20)31)18-26(23(21)16-19)32-25-9-4-5-11-28(25)34-29-12-6-10-27(33)30(29)32/h2-14,16-18,33H,15H2,1H3. The maximum absolute atomic E-state index is 11.0. The van der Waals surface area contributed by atoms with Crippen LogP contribution in [0, 0.1) is 0 Å². The normalized spacial score (nSPS) is 14.0. The number of fused-ring (bicyclic) bond motifs is 4. The van der Waals surface area contributed by atoms with Gasteiger partial charge < -0.3 is 14.6 Å². The SMILES string of the molecule is CC1=Cc2c(cc(-n3ccc4ccccc43)cc2N2c3ccccc3Sc3cccc(O)c32)C1. The molecular weight excluding hydrogens is 436 g/mol. The molecule has 4 aromatic carbocycles.